The number of hydrogen-bond donors (Lipinski definition) is 0. The minimum atomic E-state index is -0.249. The van der Waals surface area contributed by atoms with Crippen molar-refractivity contribution in [3.63, 3.8) is 0 Å². The fourth-order valence-corrected chi connectivity index (χ4v) is 3.46. The lowest BCUT2D eigenvalue weighted by Gasteiger charge is -2.31. The molecule has 3 heterocycles. The topological polar surface area (TPSA) is 59.2 Å². The van der Waals surface area contributed by atoms with E-state index in [1.54, 1.807) is 48.9 Å². The highest BCUT2D eigenvalue weighted by Gasteiger charge is 2.28. The Balaban J connectivity index is 1.45. The minimum absolute atomic E-state index is 0.0223. The molecule has 1 aliphatic heterocycles. The molecule has 27 heavy (non-hydrogen) atoms. The first-order valence-corrected chi connectivity index (χ1v) is 9.08. The number of carbonyl (C=O) groups is 1. The summed E-state index contributed by atoms with van der Waals surface area (Å²) in [4.78, 5) is 22.9. The first-order chi connectivity index (χ1) is 13.2. The van der Waals surface area contributed by atoms with Crippen molar-refractivity contribution in [1.82, 2.24) is 14.9 Å². The zero-order valence-corrected chi connectivity index (χ0v) is 14.8. The van der Waals surface area contributed by atoms with E-state index in [0.717, 1.165) is 12.8 Å². The van der Waals surface area contributed by atoms with E-state index in [0.29, 0.717) is 42.3 Å². The molecule has 3 aromatic rings. The summed E-state index contributed by atoms with van der Waals surface area (Å²) in [5.41, 5.74) is 1.17. The van der Waals surface area contributed by atoms with Crippen molar-refractivity contribution in [2.75, 3.05) is 13.1 Å². The second kappa shape index (κ2) is 7.70. The molecule has 1 amide bonds. The molecule has 0 unspecified atom stereocenters. The first-order valence-electron chi connectivity index (χ1n) is 9.08. The van der Waals surface area contributed by atoms with Crippen LogP contribution in [0.2, 0.25) is 0 Å². The molecule has 6 heteroatoms. The van der Waals surface area contributed by atoms with E-state index < -0.39 is 0 Å². The lowest BCUT2D eigenvalue weighted by molar-refractivity contribution is 0.0697. The van der Waals surface area contributed by atoms with Crippen LogP contribution in [0.4, 0.5) is 4.39 Å². The van der Waals surface area contributed by atoms with E-state index >= 15 is 0 Å². The van der Waals surface area contributed by atoms with Gasteiger partial charge in [-0.1, -0.05) is 18.2 Å². The smallest absolute Gasteiger partial charge is 0.255 e. The molecular weight excluding hydrogens is 345 g/mol. The van der Waals surface area contributed by atoms with Crippen LogP contribution in [0, 0.1) is 5.82 Å². The number of hydrogen-bond acceptors (Lipinski definition) is 4. The molecule has 0 radical (unpaired) electrons. The van der Waals surface area contributed by atoms with Crippen molar-refractivity contribution in [2.45, 2.75) is 25.2 Å². The molecular formula is C21H20FN3O2. The molecule has 0 saturated carbocycles. The van der Waals surface area contributed by atoms with Crippen molar-refractivity contribution in [2.24, 2.45) is 0 Å². The molecule has 4 rings (SSSR count). The maximum absolute atomic E-state index is 13.8. The molecule has 2 aromatic heterocycles. The maximum atomic E-state index is 13.8. The van der Waals surface area contributed by atoms with Crippen molar-refractivity contribution in [3.8, 4) is 0 Å². The fourth-order valence-electron chi connectivity index (χ4n) is 3.46. The Morgan fingerprint density at radius 3 is 2.93 bits per heavy atom. The third-order valence-corrected chi connectivity index (χ3v) is 4.86. The molecule has 1 aromatic carbocycles. The summed E-state index contributed by atoms with van der Waals surface area (Å²) in [6.07, 6.45) is 7.07. The van der Waals surface area contributed by atoms with Gasteiger partial charge in [0.05, 0.1) is 17.7 Å². The summed E-state index contributed by atoms with van der Waals surface area (Å²) >= 11 is 0. The molecule has 1 fully saturated rings. The predicted molar refractivity (Wildman–Crippen MR) is 97.8 cm³/mol. The van der Waals surface area contributed by atoms with E-state index in [1.165, 1.54) is 6.07 Å². The van der Waals surface area contributed by atoms with E-state index in [1.807, 2.05) is 4.90 Å². The van der Waals surface area contributed by atoms with Crippen molar-refractivity contribution in [1.29, 1.82) is 0 Å². The van der Waals surface area contributed by atoms with Crippen molar-refractivity contribution >= 4 is 5.91 Å². The Morgan fingerprint density at radius 2 is 2.11 bits per heavy atom. The summed E-state index contributed by atoms with van der Waals surface area (Å²) in [7, 11) is 0. The lowest BCUT2D eigenvalue weighted by atomic mass is 9.97. The highest BCUT2D eigenvalue weighted by molar-refractivity contribution is 5.93. The largest absolute Gasteiger partial charge is 0.445 e. The molecule has 0 bridgehead atoms. The molecule has 0 spiro atoms. The standard InChI is InChI=1S/C21H20FN3O2/c22-19-8-2-1-5-15(19)11-18-13-24-20(27-18)17-7-4-10-25(14-17)21(26)16-6-3-9-23-12-16/h1-3,5-6,8-9,12-13,17H,4,7,10-11,14H2/t17-/m0/s1. The number of benzene rings is 1. The van der Waals surface area contributed by atoms with Gasteiger partial charge in [-0.2, -0.15) is 0 Å². The molecule has 1 atom stereocenters. The summed E-state index contributed by atoms with van der Waals surface area (Å²) < 4.78 is 19.7. The number of likely N-dealkylation sites (tertiary alicyclic amines) is 1. The van der Waals surface area contributed by atoms with Gasteiger partial charge in [0.15, 0.2) is 5.89 Å². The number of rotatable bonds is 4. The zero-order chi connectivity index (χ0) is 18.6. The van der Waals surface area contributed by atoms with Crippen LogP contribution < -0.4 is 0 Å². The maximum Gasteiger partial charge on any atom is 0.255 e. The molecule has 138 valence electrons. The summed E-state index contributed by atoms with van der Waals surface area (Å²) in [6, 6.07) is 10.2. The van der Waals surface area contributed by atoms with Gasteiger partial charge >= 0.3 is 0 Å². The number of pyridine rings is 1. The van der Waals surface area contributed by atoms with Gasteiger partial charge in [-0.25, -0.2) is 9.37 Å². The Bertz CT molecular complexity index is 926. The Morgan fingerprint density at radius 1 is 1.22 bits per heavy atom. The fraction of sp³-hybridized carbons (Fsp3) is 0.286. The lowest BCUT2D eigenvalue weighted by Crippen LogP contribution is -2.39. The number of halogens is 1. The van der Waals surface area contributed by atoms with Crippen LogP contribution in [0.5, 0.6) is 0 Å². The van der Waals surface area contributed by atoms with E-state index in [9.17, 15) is 9.18 Å². The van der Waals surface area contributed by atoms with Crippen LogP contribution >= 0.6 is 0 Å². The van der Waals surface area contributed by atoms with Gasteiger partial charge in [0.1, 0.15) is 11.6 Å². The Hall–Kier alpha value is -3.02. The average Bonchev–Trinajstić information content (AvgIpc) is 3.19. The number of oxazole rings is 1. The normalized spacial score (nSPS) is 17.1. The van der Waals surface area contributed by atoms with E-state index in [2.05, 4.69) is 9.97 Å². The third kappa shape index (κ3) is 3.89. The summed E-state index contributed by atoms with van der Waals surface area (Å²) in [5, 5.41) is 0. The highest BCUT2D eigenvalue weighted by Crippen LogP contribution is 2.28. The quantitative estimate of drug-likeness (QED) is 0.705. The molecule has 0 aliphatic carbocycles. The number of carbonyl (C=O) groups excluding carboxylic acids is 1. The number of piperidine rings is 1. The molecule has 1 aliphatic rings. The SMILES string of the molecule is O=C(c1cccnc1)N1CCC[C@H](c2ncc(Cc3ccccc3F)o2)C1. The first kappa shape index (κ1) is 17.4. The van der Waals surface area contributed by atoms with Gasteiger partial charge in [0, 0.05) is 31.9 Å². The third-order valence-electron chi connectivity index (χ3n) is 4.86. The second-order valence-electron chi connectivity index (χ2n) is 6.77. The van der Waals surface area contributed by atoms with Crippen LogP contribution in [0.3, 0.4) is 0 Å². The average molecular weight is 365 g/mol. The van der Waals surface area contributed by atoms with Crippen LogP contribution in [0.1, 0.15) is 46.3 Å². The van der Waals surface area contributed by atoms with E-state index in [4.69, 9.17) is 4.42 Å². The zero-order valence-electron chi connectivity index (χ0n) is 14.8. The Labute approximate surface area is 156 Å². The van der Waals surface area contributed by atoms with E-state index in [-0.39, 0.29) is 17.6 Å². The molecule has 0 N–H and O–H groups in total. The predicted octanol–water partition coefficient (Wildman–Crippen LogP) is 3.82. The molecule has 1 saturated heterocycles. The van der Waals surface area contributed by atoms with Gasteiger partial charge in [-0.3, -0.25) is 9.78 Å². The highest BCUT2D eigenvalue weighted by atomic mass is 19.1. The van der Waals surface area contributed by atoms with Crippen LogP contribution in [-0.2, 0) is 6.42 Å². The van der Waals surface area contributed by atoms with Crippen molar-refractivity contribution < 1.29 is 13.6 Å². The van der Waals surface area contributed by atoms with Gasteiger partial charge in [0.2, 0.25) is 0 Å². The monoisotopic (exact) mass is 365 g/mol. The van der Waals surface area contributed by atoms with Gasteiger partial charge in [0.25, 0.3) is 5.91 Å². The van der Waals surface area contributed by atoms with Gasteiger partial charge < -0.3 is 9.32 Å². The van der Waals surface area contributed by atoms with Crippen LogP contribution in [-0.4, -0.2) is 33.9 Å². The Kier molecular flexibility index (Phi) is 4.96. The number of aromatic nitrogens is 2. The van der Waals surface area contributed by atoms with Crippen LogP contribution in [0.15, 0.2) is 59.4 Å². The summed E-state index contributed by atoms with van der Waals surface area (Å²) in [6.45, 7) is 1.28. The van der Waals surface area contributed by atoms with Gasteiger partial charge in [-0.05, 0) is 36.6 Å². The van der Waals surface area contributed by atoms with Crippen molar-refractivity contribution in [3.05, 3.63) is 83.6 Å². The van der Waals surface area contributed by atoms with Gasteiger partial charge in [-0.15, -0.1) is 0 Å². The second-order valence-corrected chi connectivity index (χ2v) is 6.77. The number of amides is 1. The minimum Gasteiger partial charge on any atom is -0.445 e. The molecule has 5 nitrogen and oxygen atoms in total. The van der Waals surface area contributed by atoms with Crippen LogP contribution in [0.25, 0.3) is 0 Å². The summed E-state index contributed by atoms with van der Waals surface area (Å²) in [5.74, 6) is 1.02. The number of nitrogens with zero attached hydrogens (tertiary/aromatic N) is 3.